The molecular formula is C16H23NO3S. The summed E-state index contributed by atoms with van der Waals surface area (Å²) in [4.78, 5) is 0. The zero-order valence-electron chi connectivity index (χ0n) is 12.4. The van der Waals surface area contributed by atoms with E-state index in [0.717, 1.165) is 30.4 Å². The van der Waals surface area contributed by atoms with Crippen molar-refractivity contribution in [3.05, 3.63) is 35.4 Å². The quantitative estimate of drug-likeness (QED) is 0.878. The van der Waals surface area contributed by atoms with E-state index >= 15 is 0 Å². The number of hydrogen-bond acceptors (Lipinski definition) is 3. The lowest BCUT2D eigenvalue weighted by Crippen LogP contribution is -2.34. The number of rotatable bonds is 6. The van der Waals surface area contributed by atoms with E-state index in [0.29, 0.717) is 19.1 Å². The van der Waals surface area contributed by atoms with E-state index in [1.807, 2.05) is 31.2 Å². The third-order valence-corrected chi connectivity index (χ3v) is 5.93. The average molecular weight is 309 g/mol. The van der Waals surface area contributed by atoms with Crippen LogP contribution >= 0.6 is 0 Å². The van der Waals surface area contributed by atoms with Gasteiger partial charge in [0.15, 0.2) is 0 Å². The Hall–Kier alpha value is -0.910. The highest BCUT2D eigenvalue weighted by Gasteiger charge is 2.36. The first-order valence-electron chi connectivity index (χ1n) is 7.68. The van der Waals surface area contributed by atoms with Crippen molar-refractivity contribution in [2.75, 3.05) is 19.0 Å². The standard InChI is InChI=1S/C16H23NO3S/c1-12-4-2-3-5-15(12)16(14-6-7-14)17-21(18,19)11-13-8-9-20-10-13/h2-5,13-14,16-17H,6-11H2,1H3. The van der Waals surface area contributed by atoms with Crippen LogP contribution in [0.3, 0.4) is 0 Å². The van der Waals surface area contributed by atoms with Crippen molar-refractivity contribution < 1.29 is 13.2 Å². The first kappa shape index (κ1) is 15.0. The van der Waals surface area contributed by atoms with Crippen LogP contribution in [0.2, 0.25) is 0 Å². The summed E-state index contributed by atoms with van der Waals surface area (Å²) >= 11 is 0. The van der Waals surface area contributed by atoms with E-state index in [-0.39, 0.29) is 17.7 Å². The molecule has 1 aliphatic carbocycles. The van der Waals surface area contributed by atoms with Crippen LogP contribution in [0.1, 0.15) is 36.4 Å². The predicted molar refractivity (Wildman–Crippen MR) is 82.5 cm³/mol. The van der Waals surface area contributed by atoms with Gasteiger partial charge < -0.3 is 4.74 Å². The van der Waals surface area contributed by atoms with E-state index in [4.69, 9.17) is 4.74 Å². The van der Waals surface area contributed by atoms with Gasteiger partial charge in [-0.05, 0) is 49.1 Å². The first-order chi connectivity index (χ1) is 10.1. The number of aryl methyl sites for hydroxylation is 1. The molecule has 0 radical (unpaired) electrons. The maximum Gasteiger partial charge on any atom is 0.212 e. The van der Waals surface area contributed by atoms with Gasteiger partial charge >= 0.3 is 0 Å². The monoisotopic (exact) mass is 309 g/mol. The maximum atomic E-state index is 12.4. The molecule has 4 nitrogen and oxygen atoms in total. The van der Waals surface area contributed by atoms with Crippen LogP contribution < -0.4 is 4.72 Å². The molecular weight excluding hydrogens is 286 g/mol. The fourth-order valence-electron chi connectivity index (χ4n) is 3.05. The molecule has 3 rings (SSSR count). The number of hydrogen-bond donors (Lipinski definition) is 1. The molecule has 1 aliphatic heterocycles. The Labute approximate surface area is 126 Å². The molecule has 21 heavy (non-hydrogen) atoms. The average Bonchev–Trinajstić information content (AvgIpc) is 3.16. The highest BCUT2D eigenvalue weighted by atomic mass is 32.2. The number of benzene rings is 1. The van der Waals surface area contributed by atoms with Crippen molar-refractivity contribution in [1.82, 2.24) is 4.72 Å². The Morgan fingerprint density at radius 2 is 2.05 bits per heavy atom. The molecule has 0 spiro atoms. The van der Waals surface area contributed by atoms with Crippen molar-refractivity contribution in [2.24, 2.45) is 11.8 Å². The van der Waals surface area contributed by atoms with Gasteiger partial charge in [0.05, 0.1) is 12.4 Å². The van der Waals surface area contributed by atoms with Crippen molar-refractivity contribution >= 4 is 10.0 Å². The van der Waals surface area contributed by atoms with Crippen molar-refractivity contribution in [3.63, 3.8) is 0 Å². The zero-order valence-corrected chi connectivity index (χ0v) is 13.2. The summed E-state index contributed by atoms with van der Waals surface area (Å²) in [5.74, 6) is 0.766. The van der Waals surface area contributed by atoms with Gasteiger partial charge in [-0.25, -0.2) is 13.1 Å². The second-order valence-corrected chi connectivity index (χ2v) is 8.10. The molecule has 1 aromatic rings. The van der Waals surface area contributed by atoms with Crippen LogP contribution in [0.5, 0.6) is 0 Å². The van der Waals surface area contributed by atoms with Crippen LogP contribution in [0.25, 0.3) is 0 Å². The van der Waals surface area contributed by atoms with Crippen molar-refractivity contribution in [3.8, 4) is 0 Å². The number of ether oxygens (including phenoxy) is 1. The van der Waals surface area contributed by atoms with E-state index in [9.17, 15) is 8.42 Å². The van der Waals surface area contributed by atoms with Gasteiger partial charge in [0.2, 0.25) is 10.0 Å². The molecule has 2 unspecified atom stereocenters. The molecule has 1 aromatic carbocycles. The van der Waals surface area contributed by atoms with Gasteiger partial charge in [0, 0.05) is 12.6 Å². The zero-order chi connectivity index (χ0) is 14.9. The highest BCUT2D eigenvalue weighted by molar-refractivity contribution is 7.89. The molecule has 0 bridgehead atoms. The minimum Gasteiger partial charge on any atom is -0.381 e. The Bertz CT molecular complexity index is 589. The van der Waals surface area contributed by atoms with Crippen LogP contribution in [0.4, 0.5) is 0 Å². The summed E-state index contributed by atoms with van der Waals surface area (Å²) in [7, 11) is -3.26. The van der Waals surface area contributed by atoms with Gasteiger partial charge in [-0.15, -0.1) is 0 Å². The second-order valence-electron chi connectivity index (χ2n) is 6.30. The van der Waals surface area contributed by atoms with Crippen LogP contribution in [-0.2, 0) is 14.8 Å². The van der Waals surface area contributed by atoms with Gasteiger partial charge in [-0.1, -0.05) is 24.3 Å². The molecule has 2 atom stereocenters. The molecule has 1 saturated heterocycles. The van der Waals surface area contributed by atoms with E-state index in [1.165, 1.54) is 0 Å². The third-order valence-electron chi connectivity index (χ3n) is 4.40. The second kappa shape index (κ2) is 6.07. The number of nitrogens with one attached hydrogen (secondary N) is 1. The Morgan fingerprint density at radius 3 is 2.67 bits per heavy atom. The normalized spacial score (nSPS) is 24.1. The fraction of sp³-hybridized carbons (Fsp3) is 0.625. The van der Waals surface area contributed by atoms with Crippen molar-refractivity contribution in [2.45, 2.75) is 32.2 Å². The minimum absolute atomic E-state index is 0.0708. The first-order valence-corrected chi connectivity index (χ1v) is 9.34. The topological polar surface area (TPSA) is 55.4 Å². The lowest BCUT2D eigenvalue weighted by Gasteiger charge is -2.21. The summed E-state index contributed by atoms with van der Waals surface area (Å²) in [6.07, 6.45) is 3.06. The minimum atomic E-state index is -3.26. The molecule has 0 aromatic heterocycles. The van der Waals surface area contributed by atoms with Crippen LogP contribution in [0.15, 0.2) is 24.3 Å². The SMILES string of the molecule is Cc1ccccc1C(NS(=O)(=O)CC1CCOC1)C1CC1. The number of sulfonamides is 1. The third kappa shape index (κ3) is 3.84. The Balaban J connectivity index is 1.74. The van der Waals surface area contributed by atoms with Gasteiger partial charge in [-0.3, -0.25) is 0 Å². The van der Waals surface area contributed by atoms with E-state index in [2.05, 4.69) is 4.72 Å². The van der Waals surface area contributed by atoms with Crippen LogP contribution in [-0.4, -0.2) is 27.4 Å². The molecule has 2 aliphatic rings. The summed E-state index contributed by atoms with van der Waals surface area (Å²) < 4.78 is 33.1. The van der Waals surface area contributed by atoms with E-state index in [1.54, 1.807) is 0 Å². The fourth-order valence-corrected chi connectivity index (χ4v) is 4.73. The Kier molecular flexibility index (Phi) is 4.33. The van der Waals surface area contributed by atoms with Gasteiger partial charge in [0.25, 0.3) is 0 Å². The van der Waals surface area contributed by atoms with Crippen LogP contribution in [0, 0.1) is 18.8 Å². The van der Waals surface area contributed by atoms with E-state index < -0.39 is 10.0 Å². The summed E-state index contributed by atoms with van der Waals surface area (Å²) in [5.41, 5.74) is 2.27. The van der Waals surface area contributed by atoms with Gasteiger partial charge in [0.1, 0.15) is 0 Å². The highest BCUT2D eigenvalue weighted by Crippen LogP contribution is 2.42. The molecule has 0 amide bonds. The largest absolute Gasteiger partial charge is 0.381 e. The predicted octanol–water partition coefficient (Wildman–Crippen LogP) is 2.40. The lowest BCUT2D eigenvalue weighted by atomic mass is 9.99. The van der Waals surface area contributed by atoms with Gasteiger partial charge in [-0.2, -0.15) is 0 Å². The van der Waals surface area contributed by atoms with Crippen molar-refractivity contribution in [1.29, 1.82) is 0 Å². The molecule has 1 saturated carbocycles. The Morgan fingerprint density at radius 1 is 1.29 bits per heavy atom. The molecule has 1 N–H and O–H groups in total. The molecule has 5 heteroatoms. The molecule has 2 fully saturated rings. The molecule has 116 valence electrons. The maximum absolute atomic E-state index is 12.4. The summed E-state index contributed by atoms with van der Waals surface area (Å²) in [5, 5.41) is 0. The summed E-state index contributed by atoms with van der Waals surface area (Å²) in [6, 6.07) is 7.99. The lowest BCUT2D eigenvalue weighted by molar-refractivity contribution is 0.188. The summed E-state index contributed by atoms with van der Waals surface area (Å²) in [6.45, 7) is 3.30. The smallest absolute Gasteiger partial charge is 0.212 e. The molecule has 1 heterocycles.